The van der Waals surface area contributed by atoms with Gasteiger partial charge in [-0.15, -0.1) is 0 Å². The molecule has 0 rings (SSSR count). The van der Waals surface area contributed by atoms with Crippen LogP contribution in [0.3, 0.4) is 0 Å². The molecule has 0 aromatic carbocycles. The summed E-state index contributed by atoms with van der Waals surface area (Å²) < 4.78 is 0. The second kappa shape index (κ2) is 8.03. The van der Waals surface area contributed by atoms with Crippen LogP contribution < -0.4 is 0 Å². The fraction of sp³-hybridized carbons (Fsp3) is 0.818. The number of hydrogen-bond donors (Lipinski definition) is 3. The number of carboxylic acid groups (broad SMARTS) is 2. The first kappa shape index (κ1) is 15.9. The highest BCUT2D eigenvalue weighted by Crippen LogP contribution is 2.04. The van der Waals surface area contributed by atoms with Crippen molar-refractivity contribution in [1.82, 2.24) is 4.90 Å². The van der Waals surface area contributed by atoms with E-state index in [1.165, 1.54) is 0 Å². The minimum atomic E-state index is -0.890. The largest absolute Gasteiger partial charge is 0.481 e. The van der Waals surface area contributed by atoms with E-state index in [-0.39, 0.29) is 6.42 Å². The van der Waals surface area contributed by atoms with Crippen molar-refractivity contribution >= 4 is 11.9 Å². The van der Waals surface area contributed by atoms with Crippen molar-refractivity contribution in [2.45, 2.75) is 32.8 Å². The van der Waals surface area contributed by atoms with E-state index in [0.717, 1.165) is 0 Å². The Bertz CT molecular complexity index is 254. The lowest BCUT2D eigenvalue weighted by molar-refractivity contribution is -0.142. The van der Waals surface area contributed by atoms with E-state index in [1.807, 2.05) is 0 Å². The van der Waals surface area contributed by atoms with Crippen LogP contribution in [0.4, 0.5) is 0 Å². The Kier molecular flexibility index (Phi) is 7.49. The summed E-state index contributed by atoms with van der Waals surface area (Å²) in [4.78, 5) is 22.9. The van der Waals surface area contributed by atoms with E-state index in [0.29, 0.717) is 26.1 Å². The zero-order chi connectivity index (χ0) is 13.4. The zero-order valence-electron chi connectivity index (χ0n) is 10.3. The van der Waals surface area contributed by atoms with Crippen LogP contribution in [0.15, 0.2) is 0 Å². The first-order valence-corrected chi connectivity index (χ1v) is 5.68. The molecular weight excluding hydrogens is 226 g/mol. The standard InChI is InChI=1S/C11H21NO5/c1-8(11(16)17)6-12(7-9(2)13)5-3-4-10(14)15/h8-9,13H,3-7H2,1-2H3,(H,14,15)(H,16,17). The van der Waals surface area contributed by atoms with Crippen LogP contribution in [0, 0.1) is 5.92 Å². The highest BCUT2D eigenvalue weighted by Gasteiger charge is 2.17. The van der Waals surface area contributed by atoms with Gasteiger partial charge in [0.25, 0.3) is 0 Å². The van der Waals surface area contributed by atoms with E-state index >= 15 is 0 Å². The Morgan fingerprint density at radius 3 is 2.18 bits per heavy atom. The Morgan fingerprint density at radius 2 is 1.76 bits per heavy atom. The molecule has 6 heteroatoms. The molecule has 0 aromatic heterocycles. The summed E-state index contributed by atoms with van der Waals surface area (Å²) in [6.07, 6.45) is -0.0487. The van der Waals surface area contributed by atoms with Gasteiger partial charge in [0.15, 0.2) is 0 Å². The molecule has 2 atom stereocenters. The Balaban J connectivity index is 4.13. The molecule has 0 aliphatic carbocycles. The van der Waals surface area contributed by atoms with Crippen LogP contribution >= 0.6 is 0 Å². The summed E-state index contributed by atoms with van der Waals surface area (Å²) in [5.74, 6) is -2.29. The average molecular weight is 247 g/mol. The van der Waals surface area contributed by atoms with E-state index in [2.05, 4.69) is 0 Å². The maximum absolute atomic E-state index is 10.7. The normalized spacial score (nSPS) is 14.6. The van der Waals surface area contributed by atoms with Gasteiger partial charge in [0, 0.05) is 19.5 Å². The minimum Gasteiger partial charge on any atom is -0.481 e. The van der Waals surface area contributed by atoms with Crippen LogP contribution in [0.2, 0.25) is 0 Å². The molecule has 0 aliphatic rings. The fourth-order valence-electron chi connectivity index (χ4n) is 1.55. The molecule has 17 heavy (non-hydrogen) atoms. The molecule has 0 aromatic rings. The molecule has 0 saturated heterocycles. The summed E-state index contributed by atoms with van der Waals surface area (Å²) in [5.41, 5.74) is 0. The van der Waals surface area contributed by atoms with Gasteiger partial charge in [-0.25, -0.2) is 0 Å². The number of aliphatic hydroxyl groups excluding tert-OH is 1. The third-order valence-electron chi connectivity index (χ3n) is 2.34. The molecule has 6 nitrogen and oxygen atoms in total. The van der Waals surface area contributed by atoms with E-state index in [9.17, 15) is 14.7 Å². The van der Waals surface area contributed by atoms with Gasteiger partial charge >= 0.3 is 11.9 Å². The monoisotopic (exact) mass is 247 g/mol. The molecule has 0 amide bonds. The van der Waals surface area contributed by atoms with Crippen molar-refractivity contribution < 1.29 is 24.9 Å². The van der Waals surface area contributed by atoms with Crippen molar-refractivity contribution in [3.63, 3.8) is 0 Å². The number of carboxylic acids is 2. The molecule has 0 bridgehead atoms. The molecule has 0 saturated carbocycles. The lowest BCUT2D eigenvalue weighted by atomic mass is 10.1. The van der Waals surface area contributed by atoms with Gasteiger partial charge in [0.05, 0.1) is 12.0 Å². The van der Waals surface area contributed by atoms with Crippen LogP contribution in [0.5, 0.6) is 0 Å². The van der Waals surface area contributed by atoms with Crippen molar-refractivity contribution in [3.8, 4) is 0 Å². The van der Waals surface area contributed by atoms with E-state index in [1.54, 1.807) is 18.7 Å². The topological polar surface area (TPSA) is 98.1 Å². The number of aliphatic hydroxyl groups is 1. The third kappa shape index (κ3) is 8.65. The minimum absolute atomic E-state index is 0.0533. The molecule has 0 radical (unpaired) electrons. The summed E-state index contributed by atoms with van der Waals surface area (Å²) >= 11 is 0. The van der Waals surface area contributed by atoms with Crippen LogP contribution in [0.25, 0.3) is 0 Å². The number of hydrogen-bond acceptors (Lipinski definition) is 4. The summed E-state index contributed by atoms with van der Waals surface area (Å²) in [6, 6.07) is 0. The zero-order valence-corrected chi connectivity index (χ0v) is 10.3. The Morgan fingerprint density at radius 1 is 1.18 bits per heavy atom. The number of nitrogens with zero attached hydrogens (tertiary/aromatic N) is 1. The SMILES string of the molecule is CC(O)CN(CCCC(=O)O)CC(C)C(=O)O. The van der Waals surface area contributed by atoms with Crippen LogP contribution in [0.1, 0.15) is 26.7 Å². The predicted octanol–water partition coefficient (Wildman–Crippen LogP) is 0.255. The average Bonchev–Trinajstić information content (AvgIpc) is 2.15. The van der Waals surface area contributed by atoms with Crippen molar-refractivity contribution in [2.24, 2.45) is 5.92 Å². The van der Waals surface area contributed by atoms with E-state index < -0.39 is 24.0 Å². The van der Waals surface area contributed by atoms with Gasteiger partial charge in [-0.3, -0.25) is 14.5 Å². The maximum atomic E-state index is 10.7. The Labute approximate surface area is 101 Å². The molecule has 100 valence electrons. The predicted molar refractivity (Wildman–Crippen MR) is 61.8 cm³/mol. The van der Waals surface area contributed by atoms with Gasteiger partial charge in [-0.1, -0.05) is 6.92 Å². The van der Waals surface area contributed by atoms with Crippen LogP contribution in [-0.4, -0.2) is 57.9 Å². The van der Waals surface area contributed by atoms with Gasteiger partial charge in [-0.2, -0.15) is 0 Å². The fourth-order valence-corrected chi connectivity index (χ4v) is 1.55. The van der Waals surface area contributed by atoms with Crippen molar-refractivity contribution in [2.75, 3.05) is 19.6 Å². The lowest BCUT2D eigenvalue weighted by Crippen LogP contribution is -2.37. The summed E-state index contributed by atoms with van der Waals surface area (Å²) in [6.45, 7) is 4.37. The van der Waals surface area contributed by atoms with Gasteiger partial charge < -0.3 is 15.3 Å². The molecule has 3 N–H and O–H groups in total. The maximum Gasteiger partial charge on any atom is 0.307 e. The molecule has 0 heterocycles. The highest BCUT2D eigenvalue weighted by atomic mass is 16.4. The Hall–Kier alpha value is -1.14. The van der Waals surface area contributed by atoms with Crippen molar-refractivity contribution in [3.05, 3.63) is 0 Å². The second-order valence-corrected chi connectivity index (χ2v) is 4.35. The first-order valence-electron chi connectivity index (χ1n) is 5.68. The molecule has 2 unspecified atom stereocenters. The third-order valence-corrected chi connectivity index (χ3v) is 2.34. The summed E-state index contributed by atoms with van der Waals surface area (Å²) in [7, 11) is 0. The van der Waals surface area contributed by atoms with Gasteiger partial charge in [0.2, 0.25) is 0 Å². The molecule has 0 fully saturated rings. The van der Waals surface area contributed by atoms with E-state index in [4.69, 9.17) is 10.2 Å². The number of aliphatic carboxylic acids is 2. The first-order chi connectivity index (χ1) is 7.82. The smallest absolute Gasteiger partial charge is 0.307 e. The number of carbonyl (C=O) groups is 2. The van der Waals surface area contributed by atoms with Crippen LogP contribution in [-0.2, 0) is 9.59 Å². The number of rotatable bonds is 9. The summed E-state index contributed by atoms with van der Waals surface area (Å²) in [5, 5.41) is 26.6. The lowest BCUT2D eigenvalue weighted by Gasteiger charge is -2.25. The van der Waals surface area contributed by atoms with Gasteiger partial charge in [-0.05, 0) is 19.9 Å². The second-order valence-electron chi connectivity index (χ2n) is 4.35. The van der Waals surface area contributed by atoms with Gasteiger partial charge in [0.1, 0.15) is 0 Å². The highest BCUT2D eigenvalue weighted by molar-refractivity contribution is 5.69. The quantitative estimate of drug-likeness (QED) is 0.540. The molecular formula is C11H21NO5. The van der Waals surface area contributed by atoms with Crippen molar-refractivity contribution in [1.29, 1.82) is 0 Å². The molecule has 0 spiro atoms. The molecule has 0 aliphatic heterocycles.